The zero-order valence-corrected chi connectivity index (χ0v) is 9.84. The Bertz CT molecular complexity index is 597. The Morgan fingerprint density at radius 1 is 0.944 bits per heavy atom. The number of hydrogen-bond donors (Lipinski definition) is 4. The minimum Gasteiger partial charge on any atom is -0.508 e. The van der Waals surface area contributed by atoms with Gasteiger partial charge in [0, 0.05) is 12.1 Å². The molecule has 0 aliphatic carbocycles. The Kier molecular flexibility index (Phi) is 2.89. The maximum atomic E-state index is 9.61. The lowest BCUT2D eigenvalue weighted by Crippen LogP contribution is -1.96. The summed E-state index contributed by atoms with van der Waals surface area (Å²) in [4.78, 5) is 0. The van der Waals surface area contributed by atoms with Crippen LogP contribution in [0, 0.1) is 6.92 Å². The van der Waals surface area contributed by atoms with Gasteiger partial charge < -0.3 is 26.4 Å². The van der Waals surface area contributed by atoms with E-state index in [0.717, 1.165) is 0 Å². The molecule has 94 valence electrons. The Labute approximate surface area is 104 Å². The Morgan fingerprint density at radius 2 is 1.61 bits per heavy atom. The number of nitrogen functional groups attached to an aromatic ring is 2. The van der Waals surface area contributed by atoms with E-state index in [1.54, 1.807) is 13.0 Å². The second kappa shape index (κ2) is 4.37. The summed E-state index contributed by atoms with van der Waals surface area (Å²) in [6, 6.07) is 7.37. The number of anilines is 2. The third kappa shape index (κ3) is 2.24. The van der Waals surface area contributed by atoms with Crippen LogP contribution >= 0.6 is 0 Å². The average Bonchev–Trinajstić information content (AvgIpc) is 2.30. The van der Waals surface area contributed by atoms with Gasteiger partial charge in [-0.05, 0) is 30.7 Å². The average molecular weight is 246 g/mol. The van der Waals surface area contributed by atoms with Crippen LogP contribution in [-0.2, 0) is 0 Å². The van der Waals surface area contributed by atoms with Crippen LogP contribution in [0.1, 0.15) is 5.56 Å². The van der Waals surface area contributed by atoms with E-state index in [2.05, 4.69) is 0 Å². The molecule has 0 heterocycles. The number of rotatable bonds is 2. The predicted molar refractivity (Wildman–Crippen MR) is 69.8 cm³/mol. The molecule has 18 heavy (non-hydrogen) atoms. The molecule has 6 N–H and O–H groups in total. The van der Waals surface area contributed by atoms with Crippen molar-refractivity contribution < 1.29 is 14.9 Å². The fourth-order valence-electron chi connectivity index (χ4n) is 1.52. The molecule has 0 bridgehead atoms. The molecule has 0 aliphatic heterocycles. The molecular formula is C13H14N2O3. The van der Waals surface area contributed by atoms with Gasteiger partial charge in [-0.3, -0.25) is 0 Å². The maximum absolute atomic E-state index is 9.61. The highest BCUT2D eigenvalue weighted by Crippen LogP contribution is 2.36. The number of aromatic hydroxyl groups is 2. The summed E-state index contributed by atoms with van der Waals surface area (Å²) in [5, 5.41) is 19.0. The molecule has 2 rings (SSSR count). The molecule has 2 aromatic carbocycles. The van der Waals surface area contributed by atoms with Crippen LogP contribution in [0.15, 0.2) is 30.3 Å². The van der Waals surface area contributed by atoms with Gasteiger partial charge in [0.15, 0.2) is 11.5 Å². The van der Waals surface area contributed by atoms with Gasteiger partial charge in [-0.15, -0.1) is 0 Å². The van der Waals surface area contributed by atoms with Crippen molar-refractivity contribution in [3.05, 3.63) is 35.9 Å². The van der Waals surface area contributed by atoms with Crippen molar-refractivity contribution >= 4 is 11.4 Å². The third-order valence-electron chi connectivity index (χ3n) is 2.55. The van der Waals surface area contributed by atoms with Crippen LogP contribution in [0.4, 0.5) is 11.4 Å². The molecule has 5 heteroatoms. The minimum absolute atomic E-state index is 0.0362. The largest absolute Gasteiger partial charge is 0.508 e. The maximum Gasteiger partial charge on any atom is 0.154 e. The highest BCUT2D eigenvalue weighted by atomic mass is 16.5. The van der Waals surface area contributed by atoms with Crippen molar-refractivity contribution in [3.63, 3.8) is 0 Å². The normalized spacial score (nSPS) is 10.3. The zero-order chi connectivity index (χ0) is 13.3. The van der Waals surface area contributed by atoms with Crippen LogP contribution in [0.25, 0.3) is 0 Å². The molecule has 0 spiro atoms. The van der Waals surface area contributed by atoms with E-state index < -0.39 is 0 Å². The molecule has 0 fully saturated rings. The van der Waals surface area contributed by atoms with Crippen molar-refractivity contribution in [1.29, 1.82) is 0 Å². The highest BCUT2D eigenvalue weighted by Gasteiger charge is 2.09. The standard InChI is InChI=1S/C13H14N2O3/c1-7-4-10(15)13(6-11(7)17)18-12-5-8(16)2-3-9(12)14/h2-6,16-17H,14-15H2,1H3. The first-order chi connectivity index (χ1) is 8.47. The second-order valence-electron chi connectivity index (χ2n) is 4.00. The van der Waals surface area contributed by atoms with Gasteiger partial charge in [0.1, 0.15) is 11.5 Å². The number of ether oxygens (including phenoxy) is 1. The number of phenolic OH excluding ortho intramolecular Hbond substituents is 2. The van der Waals surface area contributed by atoms with E-state index in [1.807, 2.05) is 0 Å². The lowest BCUT2D eigenvalue weighted by Gasteiger charge is -2.12. The summed E-state index contributed by atoms with van der Waals surface area (Å²) >= 11 is 0. The van der Waals surface area contributed by atoms with Crippen LogP contribution < -0.4 is 16.2 Å². The van der Waals surface area contributed by atoms with Crippen molar-refractivity contribution in [2.75, 3.05) is 11.5 Å². The zero-order valence-electron chi connectivity index (χ0n) is 9.84. The number of phenols is 2. The summed E-state index contributed by atoms with van der Waals surface area (Å²) in [7, 11) is 0. The quantitative estimate of drug-likeness (QED) is 0.481. The van der Waals surface area contributed by atoms with Gasteiger partial charge in [0.25, 0.3) is 0 Å². The van der Waals surface area contributed by atoms with Gasteiger partial charge in [-0.1, -0.05) is 0 Å². The molecular weight excluding hydrogens is 232 g/mol. The van der Waals surface area contributed by atoms with Crippen molar-refractivity contribution in [1.82, 2.24) is 0 Å². The Morgan fingerprint density at radius 3 is 2.33 bits per heavy atom. The fourth-order valence-corrected chi connectivity index (χ4v) is 1.52. The first-order valence-electron chi connectivity index (χ1n) is 5.33. The lowest BCUT2D eigenvalue weighted by molar-refractivity contribution is 0.447. The first kappa shape index (κ1) is 11.9. The SMILES string of the molecule is Cc1cc(N)c(Oc2cc(O)ccc2N)cc1O. The van der Waals surface area contributed by atoms with Crippen molar-refractivity contribution in [2.24, 2.45) is 0 Å². The first-order valence-corrected chi connectivity index (χ1v) is 5.33. The number of aryl methyl sites for hydroxylation is 1. The number of benzene rings is 2. The molecule has 0 aromatic heterocycles. The van der Waals surface area contributed by atoms with Crippen molar-refractivity contribution in [2.45, 2.75) is 6.92 Å². The molecule has 0 saturated carbocycles. The van der Waals surface area contributed by atoms with Crippen LogP contribution in [0.2, 0.25) is 0 Å². The fraction of sp³-hybridized carbons (Fsp3) is 0.0769. The number of nitrogens with two attached hydrogens (primary N) is 2. The van der Waals surface area contributed by atoms with E-state index in [-0.39, 0.29) is 23.0 Å². The summed E-state index contributed by atoms with van der Waals surface area (Å²) in [6.07, 6.45) is 0. The van der Waals surface area contributed by atoms with E-state index >= 15 is 0 Å². The van der Waals surface area contributed by atoms with Crippen LogP contribution in [-0.4, -0.2) is 10.2 Å². The lowest BCUT2D eigenvalue weighted by atomic mass is 10.2. The van der Waals surface area contributed by atoms with Gasteiger partial charge in [0.05, 0.1) is 11.4 Å². The Balaban J connectivity index is 2.40. The molecule has 0 amide bonds. The van der Waals surface area contributed by atoms with E-state index in [1.165, 1.54) is 24.3 Å². The highest BCUT2D eigenvalue weighted by molar-refractivity contribution is 5.63. The summed E-state index contributed by atoms with van der Waals surface area (Å²) in [6.45, 7) is 1.73. The van der Waals surface area contributed by atoms with E-state index in [0.29, 0.717) is 16.9 Å². The summed E-state index contributed by atoms with van der Waals surface area (Å²) in [5.41, 5.74) is 12.9. The van der Waals surface area contributed by atoms with Gasteiger partial charge >= 0.3 is 0 Å². The van der Waals surface area contributed by atoms with E-state index in [9.17, 15) is 10.2 Å². The molecule has 0 unspecified atom stereocenters. The number of hydrogen-bond acceptors (Lipinski definition) is 5. The van der Waals surface area contributed by atoms with Crippen molar-refractivity contribution in [3.8, 4) is 23.0 Å². The van der Waals surface area contributed by atoms with Gasteiger partial charge in [-0.25, -0.2) is 0 Å². The van der Waals surface area contributed by atoms with Crippen LogP contribution in [0.3, 0.4) is 0 Å². The topological polar surface area (TPSA) is 102 Å². The predicted octanol–water partition coefficient (Wildman–Crippen LogP) is 2.36. The minimum atomic E-state index is 0.0362. The summed E-state index contributed by atoms with van der Waals surface area (Å²) < 4.78 is 5.49. The molecule has 0 saturated heterocycles. The monoisotopic (exact) mass is 246 g/mol. The third-order valence-corrected chi connectivity index (χ3v) is 2.55. The summed E-state index contributed by atoms with van der Waals surface area (Å²) in [5.74, 6) is 0.687. The molecule has 0 radical (unpaired) electrons. The van der Waals surface area contributed by atoms with Gasteiger partial charge in [0.2, 0.25) is 0 Å². The molecule has 0 aliphatic rings. The van der Waals surface area contributed by atoms with E-state index in [4.69, 9.17) is 16.2 Å². The molecule has 5 nitrogen and oxygen atoms in total. The molecule has 0 atom stereocenters. The second-order valence-corrected chi connectivity index (χ2v) is 4.00. The smallest absolute Gasteiger partial charge is 0.154 e. The Hall–Kier alpha value is -2.56. The van der Waals surface area contributed by atoms with Crippen LogP contribution in [0.5, 0.6) is 23.0 Å². The van der Waals surface area contributed by atoms with Gasteiger partial charge in [-0.2, -0.15) is 0 Å². The molecule has 2 aromatic rings.